The highest BCUT2D eigenvalue weighted by atomic mass is 16.4. The lowest BCUT2D eigenvalue weighted by atomic mass is 9.84. The average Bonchev–Trinajstić information content (AvgIpc) is 2.79. The summed E-state index contributed by atoms with van der Waals surface area (Å²) in [4.78, 5) is 13.7. The van der Waals surface area contributed by atoms with E-state index in [4.69, 9.17) is 0 Å². The second-order valence-corrected chi connectivity index (χ2v) is 5.86. The first-order valence-corrected chi connectivity index (χ1v) is 7.28. The molecule has 0 aromatic heterocycles. The van der Waals surface area contributed by atoms with Gasteiger partial charge in [-0.3, -0.25) is 9.69 Å². The van der Waals surface area contributed by atoms with E-state index in [1.165, 1.54) is 31.2 Å². The van der Waals surface area contributed by atoms with Gasteiger partial charge in [0.1, 0.15) is 6.04 Å². The predicted octanol–water partition coefficient (Wildman–Crippen LogP) is 2.90. The molecule has 0 bridgehead atoms. The lowest BCUT2D eigenvalue weighted by Crippen LogP contribution is -2.41. The number of carboxylic acids is 1. The molecule has 1 aliphatic carbocycles. The number of carbonyl (C=O) groups is 1. The van der Waals surface area contributed by atoms with Gasteiger partial charge in [0.2, 0.25) is 0 Å². The van der Waals surface area contributed by atoms with Crippen LogP contribution in [0.25, 0.3) is 0 Å². The van der Waals surface area contributed by atoms with Crippen LogP contribution in [0.15, 0.2) is 30.3 Å². The van der Waals surface area contributed by atoms with E-state index in [0.29, 0.717) is 12.0 Å². The van der Waals surface area contributed by atoms with Crippen LogP contribution in [-0.4, -0.2) is 28.1 Å². The zero-order chi connectivity index (χ0) is 13.2. The van der Waals surface area contributed by atoms with Gasteiger partial charge in [-0.25, -0.2) is 0 Å². The van der Waals surface area contributed by atoms with Crippen molar-refractivity contribution in [3.05, 3.63) is 35.9 Å². The molecule has 0 unspecified atom stereocenters. The monoisotopic (exact) mass is 259 g/mol. The first-order chi connectivity index (χ1) is 9.25. The van der Waals surface area contributed by atoms with Gasteiger partial charge < -0.3 is 5.11 Å². The van der Waals surface area contributed by atoms with Crippen molar-refractivity contribution < 1.29 is 9.90 Å². The highest BCUT2D eigenvalue weighted by molar-refractivity contribution is 5.74. The van der Waals surface area contributed by atoms with Crippen molar-refractivity contribution >= 4 is 5.97 Å². The first kappa shape index (κ1) is 12.7. The normalized spacial score (nSPS) is 31.1. The Bertz CT molecular complexity index is 445. The van der Waals surface area contributed by atoms with Crippen molar-refractivity contribution in [1.82, 2.24) is 4.90 Å². The van der Waals surface area contributed by atoms with Gasteiger partial charge >= 0.3 is 5.97 Å². The molecule has 0 radical (unpaired) electrons. The number of nitrogens with zero attached hydrogens (tertiary/aromatic N) is 1. The Balaban J connectivity index is 1.80. The maximum Gasteiger partial charge on any atom is 0.320 e. The van der Waals surface area contributed by atoms with Crippen LogP contribution in [-0.2, 0) is 11.3 Å². The van der Waals surface area contributed by atoms with Gasteiger partial charge in [0.25, 0.3) is 0 Å². The Kier molecular flexibility index (Phi) is 3.56. The molecule has 1 aromatic rings. The summed E-state index contributed by atoms with van der Waals surface area (Å²) >= 11 is 0. The smallest absolute Gasteiger partial charge is 0.320 e. The number of hydrogen-bond donors (Lipinski definition) is 1. The van der Waals surface area contributed by atoms with E-state index in [0.717, 1.165) is 13.0 Å². The molecule has 1 aliphatic heterocycles. The highest BCUT2D eigenvalue weighted by Gasteiger charge is 2.44. The molecule has 1 saturated carbocycles. The van der Waals surface area contributed by atoms with Gasteiger partial charge in [-0.15, -0.1) is 0 Å². The Hall–Kier alpha value is -1.35. The number of fused-ring (bicyclic) bond motifs is 1. The van der Waals surface area contributed by atoms with Gasteiger partial charge in [0.15, 0.2) is 0 Å². The van der Waals surface area contributed by atoms with Gasteiger partial charge in [0, 0.05) is 12.6 Å². The van der Waals surface area contributed by atoms with Gasteiger partial charge in [-0.1, -0.05) is 43.2 Å². The summed E-state index contributed by atoms with van der Waals surface area (Å²) in [5, 5.41) is 9.47. The number of hydrogen-bond acceptors (Lipinski definition) is 2. The van der Waals surface area contributed by atoms with E-state index >= 15 is 0 Å². The number of aliphatic carboxylic acids is 1. The molecular formula is C16H21NO2. The SMILES string of the molecule is O=C(O)[C@@H]1C[C@@H]2CCCC[C@H]2N1Cc1ccccc1. The minimum atomic E-state index is -0.648. The molecule has 3 rings (SSSR count). The molecule has 3 heteroatoms. The molecule has 3 nitrogen and oxygen atoms in total. The predicted molar refractivity (Wildman–Crippen MR) is 73.8 cm³/mol. The Morgan fingerprint density at radius 1 is 1.21 bits per heavy atom. The van der Waals surface area contributed by atoms with E-state index in [9.17, 15) is 9.90 Å². The highest BCUT2D eigenvalue weighted by Crippen LogP contribution is 2.40. The Morgan fingerprint density at radius 3 is 2.68 bits per heavy atom. The topological polar surface area (TPSA) is 40.5 Å². The Labute approximate surface area is 114 Å². The summed E-state index contributed by atoms with van der Waals surface area (Å²) in [6.07, 6.45) is 5.74. The van der Waals surface area contributed by atoms with E-state index in [1.54, 1.807) is 0 Å². The van der Waals surface area contributed by atoms with Crippen LogP contribution in [0.2, 0.25) is 0 Å². The molecule has 102 valence electrons. The lowest BCUT2D eigenvalue weighted by Gasteiger charge is -2.33. The zero-order valence-corrected chi connectivity index (χ0v) is 11.2. The molecule has 3 atom stereocenters. The summed E-state index contributed by atoms with van der Waals surface area (Å²) in [5.74, 6) is -0.0520. The maximum absolute atomic E-state index is 11.5. The van der Waals surface area contributed by atoms with E-state index in [1.807, 2.05) is 18.2 Å². The molecule has 0 amide bonds. The molecular weight excluding hydrogens is 238 g/mol. The summed E-state index contributed by atoms with van der Waals surface area (Å²) < 4.78 is 0. The van der Waals surface area contributed by atoms with Crippen LogP contribution in [0.4, 0.5) is 0 Å². The van der Waals surface area contributed by atoms with Gasteiger partial charge in [-0.2, -0.15) is 0 Å². The van der Waals surface area contributed by atoms with Crippen molar-refractivity contribution in [2.45, 2.75) is 50.7 Å². The van der Waals surface area contributed by atoms with E-state index in [-0.39, 0.29) is 6.04 Å². The fourth-order valence-electron chi connectivity index (χ4n) is 3.82. The number of benzene rings is 1. The third kappa shape index (κ3) is 2.52. The fraction of sp³-hybridized carbons (Fsp3) is 0.562. The number of carboxylic acid groups (broad SMARTS) is 1. The standard InChI is InChI=1S/C16H21NO2/c18-16(19)15-10-13-8-4-5-9-14(13)17(15)11-12-6-2-1-3-7-12/h1-3,6-7,13-15H,4-5,8-11H2,(H,18,19)/t13-,14+,15-/m0/s1. The van der Waals surface area contributed by atoms with Crippen LogP contribution in [0.3, 0.4) is 0 Å². The third-order valence-corrected chi connectivity index (χ3v) is 4.71. The minimum absolute atomic E-state index is 0.284. The van der Waals surface area contributed by atoms with Crippen LogP contribution < -0.4 is 0 Å². The number of rotatable bonds is 3. The van der Waals surface area contributed by atoms with Crippen LogP contribution in [0, 0.1) is 5.92 Å². The summed E-state index contributed by atoms with van der Waals surface area (Å²) in [5.41, 5.74) is 1.22. The minimum Gasteiger partial charge on any atom is -0.480 e. The second-order valence-electron chi connectivity index (χ2n) is 5.86. The van der Waals surface area contributed by atoms with Gasteiger partial charge in [-0.05, 0) is 30.7 Å². The van der Waals surface area contributed by atoms with Gasteiger partial charge in [0.05, 0.1) is 0 Å². The quantitative estimate of drug-likeness (QED) is 0.907. The van der Waals surface area contributed by atoms with Crippen LogP contribution in [0.1, 0.15) is 37.7 Å². The van der Waals surface area contributed by atoms with E-state index < -0.39 is 5.97 Å². The maximum atomic E-state index is 11.5. The first-order valence-electron chi connectivity index (χ1n) is 7.28. The average molecular weight is 259 g/mol. The largest absolute Gasteiger partial charge is 0.480 e. The van der Waals surface area contributed by atoms with E-state index in [2.05, 4.69) is 17.0 Å². The summed E-state index contributed by atoms with van der Waals surface area (Å²) in [7, 11) is 0. The van der Waals surface area contributed by atoms with Crippen molar-refractivity contribution in [1.29, 1.82) is 0 Å². The molecule has 2 aliphatic rings. The lowest BCUT2D eigenvalue weighted by molar-refractivity contribution is -0.142. The van der Waals surface area contributed by atoms with Crippen LogP contribution in [0.5, 0.6) is 0 Å². The molecule has 1 heterocycles. The summed E-state index contributed by atoms with van der Waals surface area (Å²) in [6, 6.07) is 10.4. The van der Waals surface area contributed by atoms with Crippen molar-refractivity contribution in [2.75, 3.05) is 0 Å². The fourth-order valence-corrected chi connectivity index (χ4v) is 3.82. The van der Waals surface area contributed by atoms with Crippen molar-refractivity contribution in [3.8, 4) is 0 Å². The molecule has 2 fully saturated rings. The molecule has 19 heavy (non-hydrogen) atoms. The molecule has 1 N–H and O–H groups in total. The Morgan fingerprint density at radius 2 is 1.95 bits per heavy atom. The molecule has 1 saturated heterocycles. The molecule has 0 spiro atoms. The zero-order valence-electron chi connectivity index (χ0n) is 11.2. The summed E-state index contributed by atoms with van der Waals surface area (Å²) in [6.45, 7) is 0.777. The van der Waals surface area contributed by atoms with Crippen LogP contribution >= 0.6 is 0 Å². The number of likely N-dealkylation sites (tertiary alicyclic amines) is 1. The third-order valence-electron chi connectivity index (χ3n) is 4.71. The van der Waals surface area contributed by atoms with Crippen molar-refractivity contribution in [3.63, 3.8) is 0 Å². The molecule has 1 aromatic carbocycles. The van der Waals surface area contributed by atoms with Crippen molar-refractivity contribution in [2.24, 2.45) is 5.92 Å². The second kappa shape index (κ2) is 5.33.